The summed E-state index contributed by atoms with van der Waals surface area (Å²) in [6, 6.07) is 3.99. The summed E-state index contributed by atoms with van der Waals surface area (Å²) in [6.07, 6.45) is 0.680. The number of likely N-dealkylation sites (N-methyl/N-ethyl adjacent to an activating group) is 1. The van der Waals surface area contributed by atoms with Crippen molar-refractivity contribution in [2.45, 2.75) is 6.42 Å². The van der Waals surface area contributed by atoms with Crippen LogP contribution in [-0.2, 0) is 9.53 Å². The lowest BCUT2D eigenvalue weighted by Crippen LogP contribution is -2.39. The van der Waals surface area contributed by atoms with Gasteiger partial charge in [-0.05, 0) is 18.6 Å². The third-order valence-corrected chi connectivity index (χ3v) is 3.07. The Balaban J connectivity index is 2.57. The van der Waals surface area contributed by atoms with E-state index in [1.165, 1.54) is 19.2 Å². The molecule has 0 bridgehead atoms. The first-order chi connectivity index (χ1) is 9.97. The van der Waals surface area contributed by atoms with Gasteiger partial charge in [-0.15, -0.1) is 0 Å². The highest BCUT2D eigenvalue weighted by atomic mass is 35.5. The summed E-state index contributed by atoms with van der Waals surface area (Å²) in [7, 11) is 2.99. The van der Waals surface area contributed by atoms with Gasteiger partial charge in [-0.1, -0.05) is 17.7 Å². The van der Waals surface area contributed by atoms with Gasteiger partial charge in [-0.25, -0.2) is 4.39 Å². The Kier molecular flexibility index (Phi) is 7.11. The molecule has 0 fully saturated rings. The molecule has 1 rings (SSSR count). The number of amides is 2. The van der Waals surface area contributed by atoms with Crippen molar-refractivity contribution in [2.24, 2.45) is 0 Å². The van der Waals surface area contributed by atoms with Gasteiger partial charge in [-0.3, -0.25) is 9.59 Å². The zero-order chi connectivity index (χ0) is 15.8. The Morgan fingerprint density at radius 3 is 2.76 bits per heavy atom. The minimum Gasteiger partial charge on any atom is -0.385 e. The van der Waals surface area contributed by atoms with Crippen LogP contribution >= 0.6 is 11.6 Å². The Bertz CT molecular complexity index is 491. The highest BCUT2D eigenvalue weighted by Crippen LogP contribution is 2.20. The van der Waals surface area contributed by atoms with Gasteiger partial charge in [0, 0.05) is 27.3 Å². The van der Waals surface area contributed by atoms with Crippen molar-refractivity contribution >= 4 is 23.4 Å². The molecule has 0 aliphatic rings. The summed E-state index contributed by atoms with van der Waals surface area (Å²) < 4.78 is 18.5. The number of hydrogen-bond acceptors (Lipinski definition) is 3. The van der Waals surface area contributed by atoms with Gasteiger partial charge in [0.25, 0.3) is 5.91 Å². The van der Waals surface area contributed by atoms with Gasteiger partial charge in [0.15, 0.2) is 0 Å². The normalized spacial score (nSPS) is 10.3. The number of methoxy groups -OCH3 is 1. The van der Waals surface area contributed by atoms with Crippen molar-refractivity contribution in [1.82, 2.24) is 10.2 Å². The van der Waals surface area contributed by atoms with Gasteiger partial charge in [0.2, 0.25) is 5.91 Å². The Hall–Kier alpha value is -1.66. The van der Waals surface area contributed by atoms with Gasteiger partial charge < -0.3 is 15.0 Å². The van der Waals surface area contributed by atoms with Crippen LogP contribution in [0.4, 0.5) is 4.39 Å². The lowest BCUT2D eigenvalue weighted by atomic mass is 10.2. The molecule has 0 aliphatic carbocycles. The van der Waals surface area contributed by atoms with Gasteiger partial charge in [0.05, 0.1) is 17.1 Å². The number of carbonyl (C=O) groups is 2. The van der Waals surface area contributed by atoms with Crippen LogP contribution in [-0.4, -0.2) is 50.6 Å². The van der Waals surface area contributed by atoms with Crippen molar-refractivity contribution in [3.63, 3.8) is 0 Å². The molecule has 5 nitrogen and oxygen atoms in total. The molecule has 21 heavy (non-hydrogen) atoms. The molecule has 0 aliphatic heterocycles. The minimum absolute atomic E-state index is 0.0207. The number of nitrogens with zero attached hydrogens (tertiary/aromatic N) is 1. The monoisotopic (exact) mass is 316 g/mol. The van der Waals surface area contributed by atoms with E-state index >= 15 is 0 Å². The predicted molar refractivity (Wildman–Crippen MR) is 77.9 cm³/mol. The fourth-order valence-corrected chi connectivity index (χ4v) is 1.92. The summed E-state index contributed by atoms with van der Waals surface area (Å²) in [6.45, 7) is 0.825. The fourth-order valence-electron chi connectivity index (χ4n) is 1.68. The van der Waals surface area contributed by atoms with Crippen LogP contribution < -0.4 is 5.32 Å². The summed E-state index contributed by atoms with van der Waals surface area (Å²) in [5.41, 5.74) is -0.228. The van der Waals surface area contributed by atoms with E-state index in [4.69, 9.17) is 16.3 Å². The Morgan fingerprint density at radius 1 is 1.43 bits per heavy atom. The highest BCUT2D eigenvalue weighted by Gasteiger charge is 2.20. The number of benzene rings is 1. The maximum Gasteiger partial charge on any atom is 0.258 e. The van der Waals surface area contributed by atoms with E-state index in [0.717, 1.165) is 11.0 Å². The van der Waals surface area contributed by atoms with Crippen molar-refractivity contribution < 1.29 is 18.7 Å². The van der Waals surface area contributed by atoms with Crippen LogP contribution in [0, 0.1) is 5.82 Å². The standard InChI is InChI=1S/C14H18ClFN2O3/c1-18(9-12(19)17-7-4-8-21-2)14(20)13-10(15)5-3-6-11(13)16/h3,5-6H,4,7-9H2,1-2H3,(H,17,19). The van der Waals surface area contributed by atoms with E-state index in [1.54, 1.807) is 7.11 Å². The van der Waals surface area contributed by atoms with Crippen LogP contribution in [0.5, 0.6) is 0 Å². The van der Waals surface area contributed by atoms with Crippen LogP contribution in [0.15, 0.2) is 18.2 Å². The van der Waals surface area contributed by atoms with Crippen LogP contribution in [0.1, 0.15) is 16.8 Å². The van der Waals surface area contributed by atoms with Crippen LogP contribution in [0.3, 0.4) is 0 Å². The summed E-state index contributed by atoms with van der Waals surface area (Å²) in [5, 5.41) is 2.67. The SMILES string of the molecule is COCCCNC(=O)CN(C)C(=O)c1c(F)cccc1Cl. The molecule has 0 atom stereocenters. The molecule has 0 spiro atoms. The minimum atomic E-state index is -0.708. The zero-order valence-electron chi connectivity index (χ0n) is 12.0. The highest BCUT2D eigenvalue weighted by molar-refractivity contribution is 6.33. The first-order valence-electron chi connectivity index (χ1n) is 6.42. The second kappa shape index (κ2) is 8.59. The van der Waals surface area contributed by atoms with Crippen molar-refractivity contribution in [1.29, 1.82) is 0 Å². The fraction of sp³-hybridized carbons (Fsp3) is 0.429. The molecule has 0 saturated carbocycles. The number of ether oxygens (including phenoxy) is 1. The molecule has 0 unspecified atom stereocenters. The van der Waals surface area contributed by atoms with E-state index < -0.39 is 11.7 Å². The van der Waals surface area contributed by atoms with E-state index in [1.807, 2.05) is 0 Å². The number of hydrogen-bond donors (Lipinski definition) is 1. The maximum absolute atomic E-state index is 13.6. The maximum atomic E-state index is 13.6. The molecule has 0 aromatic heterocycles. The molecular weight excluding hydrogens is 299 g/mol. The topological polar surface area (TPSA) is 58.6 Å². The molecule has 1 aromatic rings. The second-order valence-electron chi connectivity index (χ2n) is 4.45. The van der Waals surface area contributed by atoms with E-state index in [-0.39, 0.29) is 23.0 Å². The lowest BCUT2D eigenvalue weighted by molar-refractivity contribution is -0.121. The average molecular weight is 317 g/mol. The summed E-state index contributed by atoms with van der Waals surface area (Å²) in [4.78, 5) is 24.9. The first-order valence-corrected chi connectivity index (χ1v) is 6.80. The largest absolute Gasteiger partial charge is 0.385 e. The van der Waals surface area contributed by atoms with E-state index in [9.17, 15) is 14.0 Å². The molecule has 1 aromatic carbocycles. The average Bonchev–Trinajstić information content (AvgIpc) is 2.43. The van der Waals surface area contributed by atoms with Gasteiger partial charge >= 0.3 is 0 Å². The molecule has 0 saturated heterocycles. The Morgan fingerprint density at radius 2 is 2.14 bits per heavy atom. The van der Waals surface area contributed by atoms with Gasteiger partial charge in [-0.2, -0.15) is 0 Å². The number of nitrogens with one attached hydrogen (secondary N) is 1. The van der Waals surface area contributed by atoms with Crippen LogP contribution in [0.25, 0.3) is 0 Å². The van der Waals surface area contributed by atoms with E-state index in [2.05, 4.69) is 5.32 Å². The second-order valence-corrected chi connectivity index (χ2v) is 4.86. The zero-order valence-corrected chi connectivity index (χ0v) is 12.7. The molecule has 116 valence electrons. The molecular formula is C14H18ClFN2O3. The van der Waals surface area contributed by atoms with Gasteiger partial charge in [0.1, 0.15) is 5.82 Å². The third-order valence-electron chi connectivity index (χ3n) is 2.75. The molecule has 0 radical (unpaired) electrons. The quantitative estimate of drug-likeness (QED) is 0.779. The number of carbonyl (C=O) groups excluding carboxylic acids is 2. The summed E-state index contributed by atoms with van der Waals surface area (Å²) in [5.74, 6) is -1.67. The van der Waals surface area contributed by atoms with Crippen molar-refractivity contribution in [3.8, 4) is 0 Å². The van der Waals surface area contributed by atoms with E-state index in [0.29, 0.717) is 19.6 Å². The van der Waals surface area contributed by atoms with Crippen molar-refractivity contribution in [2.75, 3.05) is 33.9 Å². The number of rotatable bonds is 7. The lowest BCUT2D eigenvalue weighted by Gasteiger charge is -2.17. The first kappa shape index (κ1) is 17.4. The molecule has 0 heterocycles. The third kappa shape index (κ3) is 5.32. The molecule has 7 heteroatoms. The Labute approximate surface area is 128 Å². The van der Waals surface area contributed by atoms with Crippen LogP contribution in [0.2, 0.25) is 5.02 Å². The molecule has 1 N–H and O–H groups in total. The van der Waals surface area contributed by atoms with Crippen molar-refractivity contribution in [3.05, 3.63) is 34.6 Å². The molecule has 2 amide bonds. The summed E-state index contributed by atoms with van der Waals surface area (Å²) >= 11 is 5.82. The smallest absolute Gasteiger partial charge is 0.258 e. The number of halogens is 2. The predicted octanol–water partition coefficient (Wildman–Crippen LogP) is 1.70.